The van der Waals surface area contributed by atoms with Crippen LogP contribution in [0.25, 0.3) is 11.3 Å². The summed E-state index contributed by atoms with van der Waals surface area (Å²) in [6.45, 7) is 0. The van der Waals surface area contributed by atoms with Crippen LogP contribution in [0.2, 0.25) is 0 Å². The Balaban J connectivity index is 1.87. The number of nitrogens with two attached hydrogens (primary N) is 1. The van der Waals surface area contributed by atoms with E-state index in [1.54, 1.807) is 10.9 Å². The quantitative estimate of drug-likeness (QED) is 0.919. The lowest BCUT2D eigenvalue weighted by Gasteiger charge is -2.14. The van der Waals surface area contributed by atoms with Gasteiger partial charge in [0, 0.05) is 12.6 Å². The molecule has 1 heterocycles. The van der Waals surface area contributed by atoms with Crippen LogP contribution in [0.4, 0.5) is 5.69 Å². The average molecular weight is 257 g/mol. The van der Waals surface area contributed by atoms with E-state index in [0.29, 0.717) is 11.8 Å². The van der Waals surface area contributed by atoms with Crippen LogP contribution in [0, 0.1) is 0 Å². The summed E-state index contributed by atoms with van der Waals surface area (Å²) in [6, 6.07) is 8.10. The molecule has 0 unspecified atom stereocenters. The molecule has 19 heavy (non-hydrogen) atoms. The van der Waals surface area contributed by atoms with Gasteiger partial charge in [0.05, 0.1) is 23.7 Å². The van der Waals surface area contributed by atoms with Gasteiger partial charge in [-0.05, 0) is 37.8 Å². The average Bonchev–Trinajstić information content (AvgIpc) is 3.00. The van der Waals surface area contributed by atoms with Gasteiger partial charge in [-0.1, -0.05) is 12.1 Å². The van der Waals surface area contributed by atoms with Gasteiger partial charge in [0.2, 0.25) is 0 Å². The number of benzene rings is 1. The minimum atomic E-state index is 0.374. The number of hydrogen-bond donors (Lipinski definition) is 1. The Hall–Kier alpha value is -1.97. The van der Waals surface area contributed by atoms with E-state index < -0.39 is 0 Å². The molecule has 0 atom stereocenters. The molecular formula is C15H19N3O. The first-order valence-corrected chi connectivity index (χ1v) is 6.78. The first-order chi connectivity index (χ1) is 9.24. The Morgan fingerprint density at radius 1 is 1.32 bits per heavy atom. The summed E-state index contributed by atoms with van der Waals surface area (Å²) in [5.41, 5.74) is 8.65. The molecule has 100 valence electrons. The minimum absolute atomic E-state index is 0.374. The Bertz CT molecular complexity index is 551. The molecule has 0 radical (unpaired) electrons. The van der Waals surface area contributed by atoms with E-state index in [9.17, 15) is 0 Å². The normalized spacial score (nSPS) is 15.8. The molecule has 0 saturated heterocycles. The number of anilines is 1. The van der Waals surface area contributed by atoms with Crippen LogP contribution in [0.15, 0.2) is 30.5 Å². The molecule has 2 aromatic rings. The molecule has 0 aliphatic heterocycles. The summed E-state index contributed by atoms with van der Waals surface area (Å²) in [6.07, 6.45) is 6.94. The highest BCUT2D eigenvalue weighted by Gasteiger charge is 2.17. The summed E-state index contributed by atoms with van der Waals surface area (Å²) in [5, 5.41) is 4.18. The molecule has 1 saturated carbocycles. The van der Waals surface area contributed by atoms with Crippen LogP contribution in [0.1, 0.15) is 25.7 Å². The lowest BCUT2D eigenvalue weighted by molar-refractivity contribution is 0.210. The fraction of sp³-hybridized carbons (Fsp3) is 0.400. The first-order valence-electron chi connectivity index (χ1n) is 6.78. The van der Waals surface area contributed by atoms with Crippen molar-refractivity contribution < 1.29 is 4.74 Å². The number of ether oxygens (including phenoxy) is 1. The number of nitrogens with zero attached hydrogens (tertiary/aromatic N) is 2. The zero-order chi connectivity index (χ0) is 13.2. The van der Waals surface area contributed by atoms with Gasteiger partial charge in [0.1, 0.15) is 5.75 Å². The fourth-order valence-corrected chi connectivity index (χ4v) is 2.72. The summed E-state index contributed by atoms with van der Waals surface area (Å²) in [5.74, 6) is 0.921. The minimum Gasteiger partial charge on any atom is -0.490 e. The summed E-state index contributed by atoms with van der Waals surface area (Å²) >= 11 is 0. The number of aryl methyl sites for hydroxylation is 1. The number of hydrogen-bond acceptors (Lipinski definition) is 3. The third kappa shape index (κ3) is 2.43. The topological polar surface area (TPSA) is 53.1 Å². The maximum Gasteiger partial charge on any atom is 0.120 e. The van der Waals surface area contributed by atoms with Gasteiger partial charge < -0.3 is 10.5 Å². The van der Waals surface area contributed by atoms with Crippen LogP contribution in [-0.2, 0) is 7.05 Å². The van der Waals surface area contributed by atoms with Gasteiger partial charge in [-0.3, -0.25) is 4.68 Å². The highest BCUT2D eigenvalue weighted by molar-refractivity contribution is 5.73. The van der Waals surface area contributed by atoms with Crippen molar-refractivity contribution in [1.29, 1.82) is 0 Å². The van der Waals surface area contributed by atoms with E-state index in [-0.39, 0.29) is 0 Å². The lowest BCUT2D eigenvalue weighted by atomic mass is 10.1. The number of nitrogen functional groups attached to an aromatic ring is 1. The van der Waals surface area contributed by atoms with Gasteiger partial charge in [-0.15, -0.1) is 0 Å². The highest BCUT2D eigenvalue weighted by Crippen LogP contribution is 2.30. The molecule has 3 rings (SSSR count). The molecule has 0 amide bonds. The Kier molecular flexibility index (Phi) is 3.15. The van der Waals surface area contributed by atoms with Crippen LogP contribution in [-0.4, -0.2) is 15.9 Å². The van der Waals surface area contributed by atoms with E-state index in [2.05, 4.69) is 5.10 Å². The Morgan fingerprint density at radius 3 is 2.79 bits per heavy atom. The lowest BCUT2D eigenvalue weighted by Crippen LogP contribution is -2.10. The van der Waals surface area contributed by atoms with Crippen LogP contribution in [0.5, 0.6) is 5.75 Å². The van der Waals surface area contributed by atoms with Crippen molar-refractivity contribution in [3.63, 3.8) is 0 Å². The Morgan fingerprint density at radius 2 is 2.11 bits per heavy atom. The Labute approximate surface area is 113 Å². The van der Waals surface area contributed by atoms with E-state index in [1.807, 2.05) is 31.3 Å². The first kappa shape index (κ1) is 12.1. The van der Waals surface area contributed by atoms with Crippen molar-refractivity contribution >= 4 is 5.69 Å². The van der Waals surface area contributed by atoms with E-state index in [0.717, 1.165) is 29.8 Å². The van der Waals surface area contributed by atoms with E-state index >= 15 is 0 Å². The van der Waals surface area contributed by atoms with Gasteiger partial charge in [0.25, 0.3) is 0 Å². The maximum absolute atomic E-state index is 6.02. The van der Waals surface area contributed by atoms with Crippen molar-refractivity contribution in [2.24, 2.45) is 7.05 Å². The molecular weight excluding hydrogens is 238 g/mol. The molecule has 1 aliphatic rings. The molecule has 1 fully saturated rings. The summed E-state index contributed by atoms with van der Waals surface area (Å²) in [4.78, 5) is 0. The van der Waals surface area contributed by atoms with Crippen molar-refractivity contribution in [2.75, 3.05) is 5.73 Å². The van der Waals surface area contributed by atoms with Crippen molar-refractivity contribution in [3.8, 4) is 17.0 Å². The second kappa shape index (κ2) is 4.96. The standard InChI is InChI=1S/C15H19N3O/c1-18-15(14(16)10-17-18)11-5-4-8-13(9-11)19-12-6-2-3-7-12/h4-5,8-10,12H,2-3,6-7,16H2,1H3. The SMILES string of the molecule is Cn1ncc(N)c1-c1cccc(OC2CCCC2)c1. The van der Waals surface area contributed by atoms with Crippen LogP contribution in [0.3, 0.4) is 0 Å². The van der Waals surface area contributed by atoms with Crippen molar-refractivity contribution in [3.05, 3.63) is 30.5 Å². The summed E-state index contributed by atoms with van der Waals surface area (Å²) in [7, 11) is 1.90. The smallest absolute Gasteiger partial charge is 0.120 e. The van der Waals surface area contributed by atoms with Crippen LogP contribution >= 0.6 is 0 Å². The van der Waals surface area contributed by atoms with E-state index in [1.165, 1.54) is 12.8 Å². The third-order valence-electron chi connectivity index (χ3n) is 3.68. The molecule has 0 bridgehead atoms. The molecule has 4 heteroatoms. The number of aromatic nitrogens is 2. The number of rotatable bonds is 3. The van der Waals surface area contributed by atoms with Crippen molar-refractivity contribution in [2.45, 2.75) is 31.8 Å². The van der Waals surface area contributed by atoms with Gasteiger partial charge in [-0.25, -0.2) is 0 Å². The van der Waals surface area contributed by atoms with Gasteiger partial charge >= 0.3 is 0 Å². The van der Waals surface area contributed by atoms with Crippen molar-refractivity contribution in [1.82, 2.24) is 9.78 Å². The second-order valence-electron chi connectivity index (χ2n) is 5.12. The fourth-order valence-electron chi connectivity index (χ4n) is 2.72. The predicted octanol–water partition coefficient (Wildman–Crippen LogP) is 2.99. The molecule has 4 nitrogen and oxygen atoms in total. The molecule has 1 aliphatic carbocycles. The summed E-state index contributed by atoms with van der Waals surface area (Å²) < 4.78 is 7.82. The zero-order valence-electron chi connectivity index (χ0n) is 11.2. The monoisotopic (exact) mass is 257 g/mol. The van der Waals surface area contributed by atoms with Crippen LogP contribution < -0.4 is 10.5 Å². The maximum atomic E-state index is 6.02. The van der Waals surface area contributed by atoms with E-state index in [4.69, 9.17) is 10.5 Å². The second-order valence-corrected chi connectivity index (χ2v) is 5.12. The highest BCUT2D eigenvalue weighted by atomic mass is 16.5. The predicted molar refractivity (Wildman–Crippen MR) is 75.9 cm³/mol. The molecule has 1 aromatic heterocycles. The van der Waals surface area contributed by atoms with Gasteiger partial charge in [0.15, 0.2) is 0 Å². The molecule has 2 N–H and O–H groups in total. The molecule has 0 spiro atoms. The largest absolute Gasteiger partial charge is 0.490 e. The molecule has 1 aromatic carbocycles. The third-order valence-corrected chi connectivity index (χ3v) is 3.68. The zero-order valence-corrected chi connectivity index (χ0v) is 11.2. The van der Waals surface area contributed by atoms with Gasteiger partial charge in [-0.2, -0.15) is 5.10 Å².